The van der Waals surface area contributed by atoms with E-state index in [9.17, 15) is 19.8 Å². The Balaban J connectivity index is 3.38. The summed E-state index contributed by atoms with van der Waals surface area (Å²) in [5.41, 5.74) is 0. The van der Waals surface area contributed by atoms with E-state index in [0.717, 1.165) is 38.5 Å². The number of nitrogens with one attached hydrogen (secondary N) is 1. The van der Waals surface area contributed by atoms with E-state index in [4.69, 9.17) is 4.74 Å². The van der Waals surface area contributed by atoms with E-state index in [1.54, 1.807) is 0 Å². The van der Waals surface area contributed by atoms with Gasteiger partial charge in [-0.25, -0.2) is 0 Å². The van der Waals surface area contributed by atoms with E-state index in [1.807, 2.05) is 0 Å². The van der Waals surface area contributed by atoms with Crippen LogP contribution in [0.1, 0.15) is 457 Å². The van der Waals surface area contributed by atoms with Gasteiger partial charge < -0.3 is 20.3 Å². The van der Waals surface area contributed by atoms with E-state index in [-0.39, 0.29) is 18.5 Å². The minimum atomic E-state index is -0.669. The van der Waals surface area contributed by atoms with Gasteiger partial charge in [0.05, 0.1) is 25.4 Å². The first-order chi connectivity index (χ1) is 42.0. The van der Waals surface area contributed by atoms with Crippen molar-refractivity contribution in [1.82, 2.24) is 5.32 Å². The fourth-order valence-corrected chi connectivity index (χ4v) is 12.8. The number of hydrogen-bond acceptors (Lipinski definition) is 5. The summed E-state index contributed by atoms with van der Waals surface area (Å²) in [7, 11) is 0. The van der Waals surface area contributed by atoms with E-state index in [1.165, 1.54) is 385 Å². The molecule has 0 aliphatic heterocycles. The van der Waals surface area contributed by atoms with Crippen molar-refractivity contribution in [2.45, 2.75) is 469 Å². The lowest BCUT2D eigenvalue weighted by atomic mass is 10.0. The number of hydrogen-bond donors (Lipinski definition) is 3. The number of ether oxygens (including phenoxy) is 1. The first kappa shape index (κ1) is 83.6. The topological polar surface area (TPSA) is 95.9 Å². The molecule has 2 unspecified atom stereocenters. The Bertz CT molecular complexity index is 1290. The third-order valence-corrected chi connectivity index (χ3v) is 18.8. The summed E-state index contributed by atoms with van der Waals surface area (Å²) >= 11 is 0. The summed E-state index contributed by atoms with van der Waals surface area (Å²) in [6.45, 7) is 5.01. The molecule has 0 rings (SSSR count). The largest absolute Gasteiger partial charge is 0.466 e. The molecule has 0 aliphatic carbocycles. The van der Waals surface area contributed by atoms with Crippen LogP contribution in [0.4, 0.5) is 0 Å². The van der Waals surface area contributed by atoms with Crippen LogP contribution in [0, 0.1) is 0 Å². The van der Waals surface area contributed by atoms with Gasteiger partial charge >= 0.3 is 5.97 Å². The summed E-state index contributed by atoms with van der Waals surface area (Å²) in [5.74, 6) is -0.0145. The Morgan fingerprint density at radius 3 is 0.835 bits per heavy atom. The molecule has 0 aliphatic rings. The van der Waals surface area contributed by atoms with Crippen LogP contribution in [0.3, 0.4) is 0 Å². The highest BCUT2D eigenvalue weighted by Gasteiger charge is 2.20. The number of allylic oxidation sites excluding steroid dienone is 2. The summed E-state index contributed by atoms with van der Waals surface area (Å²) in [6.07, 6.45) is 94.3. The van der Waals surface area contributed by atoms with Crippen molar-refractivity contribution in [2.75, 3.05) is 13.2 Å². The van der Waals surface area contributed by atoms with Gasteiger partial charge in [-0.3, -0.25) is 9.59 Å². The van der Waals surface area contributed by atoms with Gasteiger partial charge in [-0.15, -0.1) is 0 Å². The quantitative estimate of drug-likeness (QED) is 0.0320. The standard InChI is InChI=1S/C79H155NO5/c1-3-5-7-9-11-13-15-17-19-21-23-24-25-26-29-32-36-39-43-47-51-55-59-63-67-71-77(82)76(75-81)80-78(83)72-68-64-60-56-52-48-44-40-37-33-30-27-28-31-34-38-42-46-50-54-58-62-66-70-74-85-79(84)73-69-65-61-57-53-49-45-41-35-22-20-18-16-14-12-10-8-6-4-2/h30,33,76-77,81-82H,3-29,31-32,34-75H2,1-2H3,(H,80,83)/b33-30-. The molecule has 3 N–H and O–H groups in total. The number of unbranched alkanes of at least 4 members (excludes halogenated alkanes) is 62. The summed E-state index contributed by atoms with van der Waals surface area (Å²) in [5, 5.41) is 23.5. The maximum absolute atomic E-state index is 12.6. The molecule has 0 bridgehead atoms. The maximum Gasteiger partial charge on any atom is 0.305 e. The van der Waals surface area contributed by atoms with Crippen LogP contribution >= 0.6 is 0 Å². The number of carbonyl (C=O) groups excluding carboxylic acids is 2. The van der Waals surface area contributed by atoms with Crippen LogP contribution in [0.2, 0.25) is 0 Å². The molecule has 0 aromatic carbocycles. The molecular formula is C79H155NO5. The molecule has 6 nitrogen and oxygen atoms in total. The molecule has 0 fully saturated rings. The Labute approximate surface area is 533 Å². The van der Waals surface area contributed by atoms with Gasteiger partial charge in [0.15, 0.2) is 0 Å². The second kappa shape index (κ2) is 75.1. The first-order valence-corrected chi connectivity index (χ1v) is 39.4. The molecule has 85 heavy (non-hydrogen) atoms. The number of aliphatic hydroxyl groups excluding tert-OH is 2. The van der Waals surface area contributed by atoms with Gasteiger partial charge in [-0.2, -0.15) is 0 Å². The van der Waals surface area contributed by atoms with Crippen molar-refractivity contribution in [3.05, 3.63) is 12.2 Å². The van der Waals surface area contributed by atoms with Crippen molar-refractivity contribution in [2.24, 2.45) is 0 Å². The highest BCUT2D eigenvalue weighted by molar-refractivity contribution is 5.76. The molecule has 1 amide bonds. The lowest BCUT2D eigenvalue weighted by Crippen LogP contribution is -2.45. The van der Waals surface area contributed by atoms with Crippen LogP contribution in [0.25, 0.3) is 0 Å². The molecule has 0 radical (unpaired) electrons. The molecule has 6 heteroatoms. The lowest BCUT2D eigenvalue weighted by molar-refractivity contribution is -0.143. The van der Waals surface area contributed by atoms with Gasteiger partial charge in [0.1, 0.15) is 0 Å². The Hall–Kier alpha value is -1.40. The SMILES string of the molecule is CCCCCCCCCCCCCCCCCCCCCCCCCCCC(O)C(CO)NC(=O)CCCCCCCCCC/C=C\CCCCCCCCCCCCCCOC(=O)CCCCCCCCCCCCCCCCCCCCC. The second-order valence-corrected chi connectivity index (χ2v) is 27.4. The average molecular weight is 1200 g/mol. The maximum atomic E-state index is 12.6. The molecule has 0 saturated carbocycles. The van der Waals surface area contributed by atoms with Crippen molar-refractivity contribution in [3.8, 4) is 0 Å². The molecule has 2 atom stereocenters. The zero-order chi connectivity index (χ0) is 61.3. The average Bonchev–Trinajstić information content (AvgIpc) is 3.51. The molecule has 0 aromatic heterocycles. The summed E-state index contributed by atoms with van der Waals surface area (Å²) in [4.78, 5) is 24.7. The third kappa shape index (κ3) is 71.6. The molecule has 0 spiro atoms. The van der Waals surface area contributed by atoms with Crippen LogP contribution in [0.5, 0.6) is 0 Å². The Morgan fingerprint density at radius 1 is 0.318 bits per heavy atom. The van der Waals surface area contributed by atoms with Crippen LogP contribution in [0.15, 0.2) is 12.2 Å². The van der Waals surface area contributed by atoms with Crippen LogP contribution in [-0.2, 0) is 14.3 Å². The zero-order valence-electron chi connectivity index (χ0n) is 58.1. The van der Waals surface area contributed by atoms with Crippen molar-refractivity contribution >= 4 is 11.9 Å². The predicted octanol–water partition coefficient (Wildman–Crippen LogP) is 25.9. The van der Waals surface area contributed by atoms with Gasteiger partial charge in [-0.05, 0) is 51.4 Å². The fourth-order valence-electron chi connectivity index (χ4n) is 12.8. The highest BCUT2D eigenvalue weighted by Crippen LogP contribution is 2.20. The Kier molecular flexibility index (Phi) is 73.8. The Morgan fingerprint density at radius 2 is 0.553 bits per heavy atom. The summed E-state index contributed by atoms with van der Waals surface area (Å²) in [6, 6.07) is -0.546. The zero-order valence-corrected chi connectivity index (χ0v) is 58.1. The van der Waals surface area contributed by atoms with Crippen LogP contribution in [-0.4, -0.2) is 47.4 Å². The number of amides is 1. The smallest absolute Gasteiger partial charge is 0.305 e. The normalized spacial score (nSPS) is 12.5. The monoisotopic (exact) mass is 1200 g/mol. The lowest BCUT2D eigenvalue weighted by Gasteiger charge is -2.22. The van der Waals surface area contributed by atoms with E-state index in [2.05, 4.69) is 31.3 Å². The van der Waals surface area contributed by atoms with Crippen molar-refractivity contribution in [3.63, 3.8) is 0 Å². The molecule has 0 saturated heterocycles. The van der Waals surface area contributed by atoms with Crippen molar-refractivity contribution < 1.29 is 24.5 Å². The van der Waals surface area contributed by atoms with E-state index < -0.39 is 12.1 Å². The van der Waals surface area contributed by atoms with E-state index in [0.29, 0.717) is 25.9 Å². The van der Waals surface area contributed by atoms with Crippen molar-refractivity contribution in [1.29, 1.82) is 0 Å². The molecule has 0 heterocycles. The minimum Gasteiger partial charge on any atom is -0.466 e. The van der Waals surface area contributed by atoms with Gasteiger partial charge in [0, 0.05) is 12.8 Å². The van der Waals surface area contributed by atoms with Gasteiger partial charge in [0.25, 0.3) is 0 Å². The van der Waals surface area contributed by atoms with Crippen LogP contribution < -0.4 is 5.32 Å². The number of aliphatic hydroxyl groups is 2. The highest BCUT2D eigenvalue weighted by atomic mass is 16.5. The first-order valence-electron chi connectivity index (χ1n) is 39.4. The fraction of sp³-hybridized carbons (Fsp3) is 0.949. The van der Waals surface area contributed by atoms with E-state index >= 15 is 0 Å². The number of carbonyl (C=O) groups is 2. The third-order valence-electron chi connectivity index (χ3n) is 18.8. The molecule has 0 aromatic rings. The van der Waals surface area contributed by atoms with Gasteiger partial charge in [-0.1, -0.05) is 405 Å². The predicted molar refractivity (Wildman–Crippen MR) is 375 cm³/mol. The van der Waals surface area contributed by atoms with Gasteiger partial charge in [0.2, 0.25) is 5.91 Å². The number of esters is 1. The molecule has 506 valence electrons. The minimum absolute atomic E-state index is 0.0190. The summed E-state index contributed by atoms with van der Waals surface area (Å²) < 4.78 is 5.52. The molecular weight excluding hydrogens is 1040 g/mol. The second-order valence-electron chi connectivity index (χ2n) is 27.4. The number of rotatable bonds is 75.